The maximum Gasteiger partial charge on any atom is 0.259 e. The zero-order chi connectivity index (χ0) is 21.3. The molecule has 1 aromatic carbocycles. The van der Waals surface area contributed by atoms with Crippen LogP contribution in [0.15, 0.2) is 39.8 Å². The summed E-state index contributed by atoms with van der Waals surface area (Å²) >= 11 is 0. The number of hydrogen-bond acceptors (Lipinski definition) is 7. The third kappa shape index (κ3) is 4.14. The van der Waals surface area contributed by atoms with Crippen molar-refractivity contribution in [1.82, 2.24) is 20.2 Å². The van der Waals surface area contributed by atoms with Gasteiger partial charge in [-0.2, -0.15) is 0 Å². The van der Waals surface area contributed by atoms with Gasteiger partial charge in [0.2, 0.25) is 10.0 Å². The predicted octanol–water partition coefficient (Wildman–Crippen LogP) is 2.13. The van der Waals surface area contributed by atoms with Gasteiger partial charge in [0.25, 0.3) is 11.6 Å². The number of ether oxygens (including phenoxy) is 1. The maximum absolute atomic E-state index is 12.8. The summed E-state index contributed by atoms with van der Waals surface area (Å²) in [4.78, 5) is 17.4. The zero-order valence-electron chi connectivity index (χ0n) is 16.6. The van der Waals surface area contributed by atoms with Crippen molar-refractivity contribution < 1.29 is 22.5 Å². The Morgan fingerprint density at radius 2 is 1.97 bits per heavy atom. The molecular weight excluding hydrogens is 408 g/mol. The molecule has 10 heteroatoms. The number of aromatic nitrogens is 2. The summed E-state index contributed by atoms with van der Waals surface area (Å²) in [5, 5.41) is 7.25. The van der Waals surface area contributed by atoms with E-state index in [2.05, 4.69) is 20.2 Å². The Kier molecular flexibility index (Phi) is 5.44. The van der Waals surface area contributed by atoms with Crippen LogP contribution in [0.5, 0.6) is 5.75 Å². The number of amides is 1. The van der Waals surface area contributed by atoms with Crippen LogP contribution < -0.4 is 14.8 Å². The van der Waals surface area contributed by atoms with Gasteiger partial charge in [0.15, 0.2) is 0 Å². The van der Waals surface area contributed by atoms with Crippen molar-refractivity contribution in [3.8, 4) is 5.75 Å². The molecule has 1 amide bonds. The quantitative estimate of drug-likeness (QED) is 0.525. The van der Waals surface area contributed by atoms with Gasteiger partial charge in [-0.25, -0.2) is 18.1 Å². The van der Waals surface area contributed by atoms with E-state index < -0.39 is 10.0 Å². The number of benzene rings is 1. The molecule has 1 fully saturated rings. The molecule has 0 bridgehead atoms. The maximum atomic E-state index is 12.8. The smallest absolute Gasteiger partial charge is 0.259 e. The van der Waals surface area contributed by atoms with E-state index in [1.165, 1.54) is 19.2 Å². The highest BCUT2D eigenvalue weighted by Gasteiger charge is 2.28. The van der Waals surface area contributed by atoms with Crippen LogP contribution in [0.4, 0.5) is 0 Å². The van der Waals surface area contributed by atoms with E-state index in [1.54, 1.807) is 25.1 Å². The molecule has 1 saturated carbocycles. The SMILES string of the molecule is COc1ccc(S(=O)(=O)NCCNC(=O)c2cc(C3CC3)nc3onc(C)c23)cc1. The van der Waals surface area contributed by atoms with Crippen molar-refractivity contribution in [2.45, 2.75) is 30.6 Å². The topological polar surface area (TPSA) is 123 Å². The molecule has 0 saturated heterocycles. The number of rotatable bonds is 8. The molecule has 3 aromatic rings. The first-order valence-corrected chi connectivity index (χ1v) is 11.1. The van der Waals surface area contributed by atoms with Crippen LogP contribution in [0.3, 0.4) is 0 Å². The monoisotopic (exact) mass is 430 g/mol. The summed E-state index contributed by atoms with van der Waals surface area (Å²) in [6.45, 7) is 1.93. The van der Waals surface area contributed by atoms with E-state index in [4.69, 9.17) is 9.26 Å². The minimum absolute atomic E-state index is 0.0480. The van der Waals surface area contributed by atoms with Crippen LogP contribution >= 0.6 is 0 Å². The molecule has 0 atom stereocenters. The Balaban J connectivity index is 1.41. The van der Waals surface area contributed by atoms with Crippen LogP contribution in [-0.2, 0) is 10.0 Å². The lowest BCUT2D eigenvalue weighted by molar-refractivity contribution is 0.0955. The number of aryl methyl sites for hydroxylation is 1. The number of sulfonamides is 1. The van der Waals surface area contributed by atoms with Gasteiger partial charge in [-0.1, -0.05) is 5.16 Å². The van der Waals surface area contributed by atoms with Crippen LogP contribution in [0, 0.1) is 6.92 Å². The Hall–Kier alpha value is -2.98. The van der Waals surface area contributed by atoms with Gasteiger partial charge in [-0.3, -0.25) is 4.79 Å². The van der Waals surface area contributed by atoms with Crippen LogP contribution in [0.25, 0.3) is 11.1 Å². The highest BCUT2D eigenvalue weighted by atomic mass is 32.2. The zero-order valence-corrected chi connectivity index (χ0v) is 17.5. The molecule has 2 heterocycles. The highest BCUT2D eigenvalue weighted by Crippen LogP contribution is 2.40. The van der Waals surface area contributed by atoms with Gasteiger partial charge in [-0.05, 0) is 50.1 Å². The second-order valence-electron chi connectivity index (χ2n) is 7.15. The van der Waals surface area contributed by atoms with E-state index >= 15 is 0 Å². The number of carbonyl (C=O) groups is 1. The lowest BCUT2D eigenvalue weighted by atomic mass is 10.1. The Labute approximate surface area is 173 Å². The summed E-state index contributed by atoms with van der Waals surface area (Å²) < 4.78 is 37.5. The van der Waals surface area contributed by atoms with Crippen molar-refractivity contribution in [2.75, 3.05) is 20.2 Å². The lowest BCUT2D eigenvalue weighted by Gasteiger charge is -2.10. The molecule has 30 heavy (non-hydrogen) atoms. The molecule has 158 valence electrons. The summed E-state index contributed by atoms with van der Waals surface area (Å²) in [6.07, 6.45) is 2.08. The fourth-order valence-electron chi connectivity index (χ4n) is 3.18. The number of hydrogen-bond donors (Lipinski definition) is 2. The summed E-state index contributed by atoms with van der Waals surface area (Å²) in [5.74, 6) is 0.599. The van der Waals surface area contributed by atoms with E-state index in [0.29, 0.717) is 34.0 Å². The summed E-state index contributed by atoms with van der Waals surface area (Å²) in [5.41, 5.74) is 2.20. The standard InChI is InChI=1S/C20H22N4O5S/c1-12-18-16(11-17(13-3-4-13)23-20(18)29-24-12)19(25)21-9-10-22-30(26,27)15-7-5-14(28-2)6-8-15/h5-8,11,13,22H,3-4,9-10H2,1-2H3,(H,21,25). The fraction of sp³-hybridized carbons (Fsp3) is 0.350. The second kappa shape index (κ2) is 8.04. The lowest BCUT2D eigenvalue weighted by Crippen LogP contribution is -2.34. The molecule has 1 aliphatic carbocycles. The van der Waals surface area contributed by atoms with Crippen LogP contribution in [-0.4, -0.2) is 44.7 Å². The van der Waals surface area contributed by atoms with E-state index in [-0.39, 0.29) is 23.9 Å². The normalized spacial score (nSPS) is 14.1. The van der Waals surface area contributed by atoms with Crippen molar-refractivity contribution in [1.29, 1.82) is 0 Å². The third-order valence-electron chi connectivity index (χ3n) is 4.95. The first kappa shape index (κ1) is 20.3. The van der Waals surface area contributed by atoms with E-state index in [0.717, 1.165) is 18.5 Å². The number of methoxy groups -OCH3 is 1. The van der Waals surface area contributed by atoms with Gasteiger partial charge in [-0.15, -0.1) is 0 Å². The average molecular weight is 430 g/mol. The molecule has 0 radical (unpaired) electrons. The molecule has 4 rings (SSSR count). The van der Waals surface area contributed by atoms with Crippen molar-refractivity contribution in [3.63, 3.8) is 0 Å². The average Bonchev–Trinajstić information content (AvgIpc) is 3.54. The minimum Gasteiger partial charge on any atom is -0.497 e. The molecule has 2 N–H and O–H groups in total. The van der Waals surface area contributed by atoms with Crippen LogP contribution in [0.1, 0.15) is 40.5 Å². The van der Waals surface area contributed by atoms with E-state index in [1.807, 2.05) is 0 Å². The predicted molar refractivity (Wildman–Crippen MR) is 109 cm³/mol. The first-order chi connectivity index (χ1) is 14.4. The highest BCUT2D eigenvalue weighted by molar-refractivity contribution is 7.89. The number of fused-ring (bicyclic) bond motifs is 1. The number of pyridine rings is 1. The Morgan fingerprint density at radius 1 is 1.23 bits per heavy atom. The second-order valence-corrected chi connectivity index (χ2v) is 8.91. The molecule has 0 spiro atoms. The van der Waals surface area contributed by atoms with Crippen molar-refractivity contribution >= 4 is 27.0 Å². The molecule has 1 aliphatic rings. The van der Waals surface area contributed by atoms with Gasteiger partial charge < -0.3 is 14.6 Å². The van der Waals surface area contributed by atoms with Gasteiger partial charge in [0, 0.05) is 24.7 Å². The summed E-state index contributed by atoms with van der Waals surface area (Å²) in [7, 11) is -2.17. The van der Waals surface area contributed by atoms with Gasteiger partial charge in [0.1, 0.15) is 5.75 Å². The molecule has 0 aliphatic heterocycles. The molecule has 0 unspecified atom stereocenters. The van der Waals surface area contributed by atoms with Crippen molar-refractivity contribution in [3.05, 3.63) is 47.3 Å². The minimum atomic E-state index is -3.68. The molecule has 2 aromatic heterocycles. The largest absolute Gasteiger partial charge is 0.497 e. The number of nitrogens with zero attached hydrogens (tertiary/aromatic N) is 2. The Bertz CT molecular complexity index is 1180. The Morgan fingerprint density at radius 3 is 2.63 bits per heavy atom. The fourth-order valence-corrected chi connectivity index (χ4v) is 4.21. The summed E-state index contributed by atoms with van der Waals surface area (Å²) in [6, 6.07) is 7.84. The third-order valence-corrected chi connectivity index (χ3v) is 6.43. The number of nitrogens with one attached hydrogen (secondary N) is 2. The van der Waals surface area contributed by atoms with Crippen LogP contribution in [0.2, 0.25) is 0 Å². The molecular formula is C20H22N4O5S. The first-order valence-electron chi connectivity index (χ1n) is 9.58. The van der Waals surface area contributed by atoms with E-state index in [9.17, 15) is 13.2 Å². The van der Waals surface area contributed by atoms with Gasteiger partial charge >= 0.3 is 0 Å². The van der Waals surface area contributed by atoms with Gasteiger partial charge in [0.05, 0.1) is 28.6 Å². The number of carbonyl (C=O) groups excluding carboxylic acids is 1. The van der Waals surface area contributed by atoms with Crippen molar-refractivity contribution in [2.24, 2.45) is 0 Å². The molecule has 9 nitrogen and oxygen atoms in total.